The summed E-state index contributed by atoms with van der Waals surface area (Å²) in [6.45, 7) is 2.22. The molecule has 5 nitrogen and oxygen atoms in total. The Morgan fingerprint density at radius 1 is 1.17 bits per heavy atom. The molecule has 0 bridgehead atoms. The van der Waals surface area contributed by atoms with Crippen molar-refractivity contribution in [1.29, 1.82) is 0 Å². The molecule has 3 rings (SSSR count). The summed E-state index contributed by atoms with van der Waals surface area (Å²) in [4.78, 5) is 26.1. The van der Waals surface area contributed by atoms with Crippen LogP contribution in [-0.4, -0.2) is 22.9 Å². The van der Waals surface area contributed by atoms with Gasteiger partial charge in [-0.15, -0.1) is 0 Å². The van der Waals surface area contributed by atoms with E-state index in [2.05, 4.69) is 5.32 Å². The predicted octanol–water partition coefficient (Wildman–Crippen LogP) is 3.17. The largest absolute Gasteiger partial charge is 0.445 e. The van der Waals surface area contributed by atoms with Gasteiger partial charge in [-0.05, 0) is 24.1 Å². The van der Waals surface area contributed by atoms with Crippen molar-refractivity contribution < 1.29 is 14.3 Å². The fourth-order valence-corrected chi connectivity index (χ4v) is 2.50. The molecule has 5 heteroatoms. The van der Waals surface area contributed by atoms with Crippen LogP contribution < -0.4 is 5.32 Å². The average molecular weight is 310 g/mol. The lowest BCUT2D eigenvalue weighted by Gasteiger charge is -2.25. The second-order valence-corrected chi connectivity index (χ2v) is 5.49. The molecule has 0 fully saturated rings. The van der Waals surface area contributed by atoms with Crippen molar-refractivity contribution in [3.05, 3.63) is 65.7 Å². The normalized spacial score (nSPS) is 17.0. The maximum absolute atomic E-state index is 12.4. The molecule has 2 aromatic carbocycles. The van der Waals surface area contributed by atoms with Crippen molar-refractivity contribution >= 4 is 17.7 Å². The van der Waals surface area contributed by atoms with Crippen molar-refractivity contribution in [3.8, 4) is 0 Å². The summed E-state index contributed by atoms with van der Waals surface area (Å²) in [6, 6.07) is 16.3. The molecular weight excluding hydrogens is 292 g/mol. The van der Waals surface area contributed by atoms with E-state index in [9.17, 15) is 9.59 Å². The molecule has 0 radical (unpaired) electrons. The molecule has 2 amide bonds. The van der Waals surface area contributed by atoms with Crippen LogP contribution in [0, 0.1) is 0 Å². The summed E-state index contributed by atoms with van der Waals surface area (Å²) < 4.78 is 5.36. The number of amides is 2. The standard InChI is InChI=1S/C18H18N2O3/c1-13-17(21)19-16-10-6-5-9-15(16)11-20(13)18(22)23-12-14-7-3-2-4-8-14/h2-10,13H,11-12H2,1H3,(H,19,21). The van der Waals surface area contributed by atoms with Gasteiger partial charge in [0.2, 0.25) is 5.91 Å². The number of anilines is 1. The van der Waals surface area contributed by atoms with E-state index in [1.807, 2.05) is 54.6 Å². The van der Waals surface area contributed by atoms with Crippen molar-refractivity contribution in [1.82, 2.24) is 4.90 Å². The van der Waals surface area contributed by atoms with Gasteiger partial charge in [0.25, 0.3) is 0 Å². The summed E-state index contributed by atoms with van der Waals surface area (Å²) >= 11 is 0. The molecule has 0 spiro atoms. The third kappa shape index (κ3) is 3.34. The fraction of sp³-hybridized carbons (Fsp3) is 0.222. The number of nitrogens with one attached hydrogen (secondary N) is 1. The Kier molecular flexibility index (Phi) is 4.28. The molecule has 2 aromatic rings. The third-order valence-electron chi connectivity index (χ3n) is 3.90. The molecule has 1 atom stereocenters. The van der Waals surface area contributed by atoms with Crippen molar-refractivity contribution in [2.24, 2.45) is 0 Å². The monoisotopic (exact) mass is 310 g/mol. The first kappa shape index (κ1) is 15.1. The number of hydrogen-bond acceptors (Lipinski definition) is 3. The zero-order valence-corrected chi connectivity index (χ0v) is 12.9. The molecule has 0 saturated heterocycles. The lowest BCUT2D eigenvalue weighted by atomic mass is 10.2. The lowest BCUT2D eigenvalue weighted by Crippen LogP contribution is -2.43. The predicted molar refractivity (Wildman–Crippen MR) is 86.7 cm³/mol. The highest BCUT2D eigenvalue weighted by Crippen LogP contribution is 2.23. The van der Waals surface area contributed by atoms with Gasteiger partial charge in [0.1, 0.15) is 12.6 Å². The SMILES string of the molecule is CC1C(=O)Nc2ccccc2CN1C(=O)OCc1ccccc1. The Hall–Kier alpha value is -2.82. The summed E-state index contributed by atoms with van der Waals surface area (Å²) in [5, 5.41) is 2.84. The van der Waals surface area contributed by atoms with Crippen LogP contribution in [0.5, 0.6) is 0 Å². The topological polar surface area (TPSA) is 58.6 Å². The number of carbonyl (C=O) groups excluding carboxylic acids is 2. The molecule has 1 aliphatic heterocycles. The molecule has 0 aromatic heterocycles. The van der Waals surface area contributed by atoms with Gasteiger partial charge >= 0.3 is 6.09 Å². The van der Waals surface area contributed by atoms with Gasteiger partial charge in [0, 0.05) is 5.69 Å². The van der Waals surface area contributed by atoms with Gasteiger partial charge in [0.05, 0.1) is 6.54 Å². The van der Waals surface area contributed by atoms with Crippen LogP contribution in [0.25, 0.3) is 0 Å². The van der Waals surface area contributed by atoms with Gasteiger partial charge in [-0.1, -0.05) is 48.5 Å². The van der Waals surface area contributed by atoms with Gasteiger partial charge < -0.3 is 10.1 Å². The van der Waals surface area contributed by atoms with Gasteiger partial charge in [-0.2, -0.15) is 0 Å². The summed E-state index contributed by atoms with van der Waals surface area (Å²) in [5.74, 6) is -0.216. The highest BCUT2D eigenvalue weighted by Gasteiger charge is 2.31. The Labute approximate surface area is 134 Å². The molecule has 118 valence electrons. The van der Waals surface area contributed by atoms with Crippen LogP contribution in [0.2, 0.25) is 0 Å². The maximum Gasteiger partial charge on any atom is 0.411 e. The van der Waals surface area contributed by atoms with Crippen molar-refractivity contribution in [2.45, 2.75) is 26.1 Å². The minimum absolute atomic E-state index is 0.187. The maximum atomic E-state index is 12.4. The first-order valence-corrected chi connectivity index (χ1v) is 7.51. The number of nitrogens with zero attached hydrogens (tertiary/aromatic N) is 1. The van der Waals surface area contributed by atoms with Gasteiger partial charge in [-0.25, -0.2) is 4.79 Å². The van der Waals surface area contributed by atoms with Crippen molar-refractivity contribution in [2.75, 3.05) is 5.32 Å². The molecule has 23 heavy (non-hydrogen) atoms. The average Bonchev–Trinajstić information content (AvgIpc) is 2.71. The van der Waals surface area contributed by atoms with E-state index in [1.165, 1.54) is 4.90 Å². The Balaban J connectivity index is 1.75. The molecule has 0 saturated carbocycles. The first-order chi connectivity index (χ1) is 11.1. The molecule has 1 heterocycles. The number of fused-ring (bicyclic) bond motifs is 1. The van der Waals surface area contributed by atoms with E-state index < -0.39 is 12.1 Å². The minimum Gasteiger partial charge on any atom is -0.445 e. The second-order valence-electron chi connectivity index (χ2n) is 5.49. The molecule has 1 N–H and O–H groups in total. The van der Waals surface area contributed by atoms with Crippen LogP contribution in [0.4, 0.5) is 10.5 Å². The first-order valence-electron chi connectivity index (χ1n) is 7.51. The van der Waals surface area contributed by atoms with E-state index in [0.29, 0.717) is 6.54 Å². The van der Waals surface area contributed by atoms with Crippen LogP contribution in [0.3, 0.4) is 0 Å². The van der Waals surface area contributed by atoms with Gasteiger partial charge in [-0.3, -0.25) is 9.69 Å². The fourth-order valence-electron chi connectivity index (χ4n) is 2.50. The molecule has 0 aliphatic carbocycles. The zero-order valence-electron chi connectivity index (χ0n) is 12.9. The quantitative estimate of drug-likeness (QED) is 0.927. The van der Waals surface area contributed by atoms with Gasteiger partial charge in [0.15, 0.2) is 0 Å². The smallest absolute Gasteiger partial charge is 0.411 e. The van der Waals surface area contributed by atoms with E-state index >= 15 is 0 Å². The van der Waals surface area contributed by atoms with E-state index in [4.69, 9.17) is 4.74 Å². The number of carbonyl (C=O) groups is 2. The van der Waals surface area contributed by atoms with E-state index in [1.54, 1.807) is 6.92 Å². The Morgan fingerprint density at radius 2 is 1.87 bits per heavy atom. The molecule has 1 aliphatic rings. The number of rotatable bonds is 2. The molecule has 1 unspecified atom stereocenters. The number of ether oxygens (including phenoxy) is 1. The van der Waals surface area contributed by atoms with E-state index in [-0.39, 0.29) is 12.5 Å². The highest BCUT2D eigenvalue weighted by atomic mass is 16.6. The number of hydrogen-bond donors (Lipinski definition) is 1. The highest BCUT2D eigenvalue weighted by molar-refractivity contribution is 5.97. The molecular formula is C18H18N2O3. The van der Waals surface area contributed by atoms with Crippen LogP contribution in [-0.2, 0) is 22.7 Å². The second kappa shape index (κ2) is 6.52. The van der Waals surface area contributed by atoms with Crippen LogP contribution >= 0.6 is 0 Å². The lowest BCUT2D eigenvalue weighted by molar-refractivity contribution is -0.120. The van der Waals surface area contributed by atoms with Crippen molar-refractivity contribution in [3.63, 3.8) is 0 Å². The Bertz CT molecular complexity index is 715. The van der Waals surface area contributed by atoms with Crippen LogP contribution in [0.15, 0.2) is 54.6 Å². The summed E-state index contributed by atoms with van der Waals surface area (Å²) in [6.07, 6.45) is -0.492. The van der Waals surface area contributed by atoms with Crippen LogP contribution in [0.1, 0.15) is 18.1 Å². The summed E-state index contributed by atoms with van der Waals surface area (Å²) in [5.41, 5.74) is 2.54. The zero-order chi connectivity index (χ0) is 16.2. The number of para-hydroxylation sites is 1. The summed E-state index contributed by atoms with van der Waals surface area (Å²) in [7, 11) is 0. The minimum atomic E-state index is -0.592. The van der Waals surface area contributed by atoms with E-state index in [0.717, 1.165) is 16.8 Å². The third-order valence-corrected chi connectivity index (χ3v) is 3.90. The Morgan fingerprint density at radius 3 is 2.65 bits per heavy atom. The number of benzene rings is 2.